The van der Waals surface area contributed by atoms with Crippen molar-refractivity contribution in [2.24, 2.45) is 5.92 Å². The number of piperidine rings is 1. The number of hydrogen-bond acceptors (Lipinski definition) is 5. The van der Waals surface area contributed by atoms with Crippen molar-refractivity contribution in [2.45, 2.75) is 63.1 Å². The molecule has 7 heteroatoms. The van der Waals surface area contributed by atoms with Gasteiger partial charge in [0.05, 0.1) is 11.5 Å². The lowest BCUT2D eigenvalue weighted by atomic mass is 9.89. The molecule has 3 fully saturated rings. The van der Waals surface area contributed by atoms with Crippen LogP contribution in [-0.4, -0.2) is 69.1 Å². The zero-order valence-electron chi connectivity index (χ0n) is 14.6. The van der Waals surface area contributed by atoms with Crippen LogP contribution in [0.25, 0.3) is 0 Å². The molecule has 0 saturated carbocycles. The summed E-state index contributed by atoms with van der Waals surface area (Å²) in [7, 11) is -1.33. The van der Waals surface area contributed by atoms with Crippen LogP contribution in [0.15, 0.2) is 0 Å². The smallest absolute Gasteiger partial charge is 0.223 e. The summed E-state index contributed by atoms with van der Waals surface area (Å²) in [6.07, 6.45) is 6.53. The Bertz CT molecular complexity index is 539. The molecule has 3 atom stereocenters. The fraction of sp³-hybridized carbons (Fsp3) is 0.941. The molecule has 3 saturated heterocycles. The predicted octanol–water partition coefficient (Wildman–Crippen LogP) is 0.959. The third-order valence-corrected chi connectivity index (χ3v) is 7.50. The van der Waals surface area contributed by atoms with Crippen molar-refractivity contribution in [1.29, 1.82) is 0 Å². The molecule has 24 heavy (non-hydrogen) atoms. The summed E-state index contributed by atoms with van der Waals surface area (Å²) in [6.45, 7) is 1.20. The molecule has 0 spiro atoms. The summed E-state index contributed by atoms with van der Waals surface area (Å²) in [5, 5.41) is 3.61. The molecule has 2 bridgehead atoms. The van der Waals surface area contributed by atoms with E-state index in [0.29, 0.717) is 44.0 Å². The monoisotopic (exact) mass is 358 g/mol. The van der Waals surface area contributed by atoms with Crippen molar-refractivity contribution in [1.82, 2.24) is 10.2 Å². The summed E-state index contributed by atoms with van der Waals surface area (Å²) in [5.41, 5.74) is 0. The van der Waals surface area contributed by atoms with Gasteiger partial charge in [-0.1, -0.05) is 0 Å². The van der Waals surface area contributed by atoms with Gasteiger partial charge in [-0.3, -0.25) is 4.79 Å². The maximum absolute atomic E-state index is 12.9. The second-order valence-corrected chi connectivity index (χ2v) is 9.90. The molecule has 138 valence electrons. The normalized spacial score (nSPS) is 34.4. The third-order valence-electron chi connectivity index (χ3n) is 5.75. The van der Waals surface area contributed by atoms with Crippen molar-refractivity contribution >= 4 is 15.7 Å². The van der Waals surface area contributed by atoms with E-state index < -0.39 is 9.84 Å². The Balaban J connectivity index is 1.60. The zero-order valence-corrected chi connectivity index (χ0v) is 15.4. The molecule has 0 aromatic heterocycles. The van der Waals surface area contributed by atoms with Crippen LogP contribution in [0.5, 0.6) is 0 Å². The first kappa shape index (κ1) is 18.1. The van der Waals surface area contributed by atoms with Crippen LogP contribution in [0.3, 0.4) is 0 Å². The highest BCUT2D eigenvalue weighted by molar-refractivity contribution is 7.91. The number of sulfone groups is 1. The average molecular weight is 359 g/mol. The lowest BCUT2D eigenvalue weighted by molar-refractivity contribution is -0.134. The highest BCUT2D eigenvalue weighted by Gasteiger charge is 2.38. The number of amides is 1. The number of rotatable bonds is 7. The van der Waals surface area contributed by atoms with Crippen LogP contribution in [0.4, 0.5) is 0 Å². The summed E-state index contributed by atoms with van der Waals surface area (Å²) >= 11 is 0. The van der Waals surface area contributed by atoms with Crippen LogP contribution in [0.2, 0.25) is 0 Å². The molecule has 0 radical (unpaired) electrons. The van der Waals surface area contributed by atoms with E-state index in [-0.39, 0.29) is 23.5 Å². The van der Waals surface area contributed by atoms with E-state index in [4.69, 9.17) is 4.74 Å². The maximum Gasteiger partial charge on any atom is 0.223 e. The quantitative estimate of drug-likeness (QED) is 0.686. The first-order valence-corrected chi connectivity index (χ1v) is 11.0. The van der Waals surface area contributed by atoms with Crippen LogP contribution < -0.4 is 5.32 Å². The van der Waals surface area contributed by atoms with Gasteiger partial charge in [-0.25, -0.2) is 8.42 Å². The molecular formula is C17H30N2O4S. The fourth-order valence-corrected chi connectivity index (χ4v) is 6.35. The van der Waals surface area contributed by atoms with E-state index in [0.717, 1.165) is 19.3 Å². The van der Waals surface area contributed by atoms with Gasteiger partial charge < -0.3 is 15.0 Å². The van der Waals surface area contributed by atoms with Crippen LogP contribution in [0, 0.1) is 5.92 Å². The van der Waals surface area contributed by atoms with Gasteiger partial charge in [0.2, 0.25) is 5.91 Å². The van der Waals surface area contributed by atoms with Crippen molar-refractivity contribution in [3.8, 4) is 0 Å². The number of nitrogens with zero attached hydrogens (tertiary/aromatic N) is 1. The van der Waals surface area contributed by atoms with Gasteiger partial charge in [-0.05, 0) is 44.4 Å². The first-order valence-electron chi connectivity index (χ1n) is 9.21. The average Bonchev–Trinajstić information content (AvgIpc) is 3.05. The maximum atomic E-state index is 12.9. The molecule has 3 unspecified atom stereocenters. The van der Waals surface area contributed by atoms with Gasteiger partial charge in [-0.15, -0.1) is 0 Å². The molecule has 1 N–H and O–H groups in total. The van der Waals surface area contributed by atoms with Crippen LogP contribution in [0.1, 0.15) is 44.9 Å². The molecular weight excluding hydrogens is 328 g/mol. The number of methoxy groups -OCH3 is 1. The first-order chi connectivity index (χ1) is 11.5. The van der Waals surface area contributed by atoms with E-state index in [2.05, 4.69) is 5.32 Å². The summed E-state index contributed by atoms with van der Waals surface area (Å²) in [4.78, 5) is 14.7. The number of nitrogens with one attached hydrogen (secondary N) is 1. The van der Waals surface area contributed by atoms with Crippen molar-refractivity contribution in [3.05, 3.63) is 0 Å². The van der Waals surface area contributed by atoms with Gasteiger partial charge in [0.15, 0.2) is 9.84 Å². The second kappa shape index (κ2) is 7.70. The van der Waals surface area contributed by atoms with E-state index in [1.807, 2.05) is 4.90 Å². The highest BCUT2D eigenvalue weighted by atomic mass is 32.2. The standard InChI is InChI=1S/C17H30N2O4S/c1-23-7-2-6-19(16-5-8-24(21,22)12-16)17(20)11-13-9-14-3-4-15(10-13)18-14/h13-16,18H,2-12H2,1H3. The van der Waals surface area contributed by atoms with Gasteiger partial charge in [0.1, 0.15) is 0 Å². The molecule has 6 nitrogen and oxygen atoms in total. The Morgan fingerprint density at radius 2 is 1.92 bits per heavy atom. The minimum absolute atomic E-state index is 0.128. The number of fused-ring (bicyclic) bond motifs is 2. The Kier molecular flexibility index (Phi) is 5.82. The molecule has 0 aromatic rings. The molecule has 3 aliphatic heterocycles. The SMILES string of the molecule is COCCCN(C(=O)CC1CC2CCC(C1)N2)C1CCS(=O)(=O)C1. The Morgan fingerprint density at radius 3 is 2.50 bits per heavy atom. The Labute approximate surface area is 145 Å². The van der Waals surface area contributed by atoms with Gasteiger partial charge in [0, 0.05) is 44.8 Å². The van der Waals surface area contributed by atoms with Gasteiger partial charge >= 0.3 is 0 Å². The molecule has 0 aliphatic carbocycles. The second-order valence-electron chi connectivity index (χ2n) is 7.67. The zero-order chi connectivity index (χ0) is 17.2. The van der Waals surface area contributed by atoms with Crippen molar-refractivity contribution in [2.75, 3.05) is 31.8 Å². The fourth-order valence-electron chi connectivity index (χ4n) is 4.62. The highest BCUT2D eigenvalue weighted by Crippen LogP contribution is 2.33. The van der Waals surface area contributed by atoms with E-state index >= 15 is 0 Å². The van der Waals surface area contributed by atoms with E-state index in [1.165, 1.54) is 12.8 Å². The topological polar surface area (TPSA) is 75.7 Å². The largest absolute Gasteiger partial charge is 0.385 e. The third kappa shape index (κ3) is 4.49. The summed E-state index contributed by atoms with van der Waals surface area (Å²) < 4.78 is 28.7. The minimum atomic E-state index is -2.98. The van der Waals surface area contributed by atoms with Crippen LogP contribution >= 0.6 is 0 Å². The summed E-state index contributed by atoms with van der Waals surface area (Å²) in [6, 6.07) is 1.02. The van der Waals surface area contributed by atoms with Crippen LogP contribution in [-0.2, 0) is 19.4 Å². The van der Waals surface area contributed by atoms with E-state index in [1.54, 1.807) is 7.11 Å². The minimum Gasteiger partial charge on any atom is -0.385 e. The molecule has 3 aliphatic rings. The number of carbonyl (C=O) groups is 1. The Hall–Kier alpha value is -0.660. The van der Waals surface area contributed by atoms with Gasteiger partial charge in [0.25, 0.3) is 0 Å². The lowest BCUT2D eigenvalue weighted by Gasteiger charge is -2.33. The number of carbonyl (C=O) groups excluding carboxylic acids is 1. The number of hydrogen-bond donors (Lipinski definition) is 1. The van der Waals surface area contributed by atoms with E-state index in [9.17, 15) is 13.2 Å². The Morgan fingerprint density at radius 1 is 1.21 bits per heavy atom. The lowest BCUT2D eigenvalue weighted by Crippen LogP contribution is -2.44. The van der Waals surface area contributed by atoms with Gasteiger partial charge in [-0.2, -0.15) is 0 Å². The van der Waals surface area contributed by atoms with Crippen molar-refractivity contribution < 1.29 is 17.9 Å². The predicted molar refractivity (Wildman–Crippen MR) is 92.6 cm³/mol. The molecule has 1 amide bonds. The summed E-state index contributed by atoms with van der Waals surface area (Å²) in [5.74, 6) is 0.922. The molecule has 3 rings (SSSR count). The van der Waals surface area contributed by atoms with Crippen molar-refractivity contribution in [3.63, 3.8) is 0 Å². The molecule has 0 aromatic carbocycles. The molecule has 3 heterocycles. The number of ether oxygens (including phenoxy) is 1.